The fraction of sp³-hybridized carbons (Fsp3) is 0.0714. The van der Waals surface area contributed by atoms with Crippen LogP contribution in [0.15, 0.2) is 46.9 Å². The predicted octanol–water partition coefficient (Wildman–Crippen LogP) is 4.25. The normalized spacial score (nSPS) is 10.1. The SMILES string of the molecule is Cc1ccc(Oc2ccc(C(=O)O)cc2)c(Br)c1. The molecular weight excluding hydrogens is 296 g/mol. The summed E-state index contributed by atoms with van der Waals surface area (Å²) in [5, 5.41) is 8.79. The number of aromatic carboxylic acids is 1. The van der Waals surface area contributed by atoms with Crippen molar-refractivity contribution in [3.63, 3.8) is 0 Å². The molecule has 92 valence electrons. The molecule has 0 heterocycles. The third kappa shape index (κ3) is 2.90. The second kappa shape index (κ2) is 5.23. The highest BCUT2D eigenvalue weighted by Gasteiger charge is 2.05. The lowest BCUT2D eigenvalue weighted by Crippen LogP contribution is -1.95. The Bertz CT molecular complexity index is 576. The molecule has 0 radical (unpaired) electrons. The van der Waals surface area contributed by atoms with Crippen molar-refractivity contribution in [3.05, 3.63) is 58.1 Å². The number of ether oxygens (including phenoxy) is 1. The highest BCUT2D eigenvalue weighted by Crippen LogP contribution is 2.30. The topological polar surface area (TPSA) is 46.5 Å². The molecule has 18 heavy (non-hydrogen) atoms. The van der Waals surface area contributed by atoms with E-state index in [1.165, 1.54) is 12.1 Å². The molecule has 2 aromatic carbocycles. The van der Waals surface area contributed by atoms with Gasteiger partial charge in [-0.25, -0.2) is 4.79 Å². The van der Waals surface area contributed by atoms with Crippen LogP contribution in [0.2, 0.25) is 0 Å². The zero-order valence-electron chi connectivity index (χ0n) is 9.68. The molecule has 1 N–H and O–H groups in total. The van der Waals surface area contributed by atoms with E-state index in [4.69, 9.17) is 9.84 Å². The third-order valence-electron chi connectivity index (χ3n) is 2.42. The van der Waals surface area contributed by atoms with Crippen LogP contribution >= 0.6 is 15.9 Å². The van der Waals surface area contributed by atoms with Crippen molar-refractivity contribution in [1.82, 2.24) is 0 Å². The molecule has 0 aromatic heterocycles. The summed E-state index contributed by atoms with van der Waals surface area (Å²) >= 11 is 3.42. The van der Waals surface area contributed by atoms with Crippen LogP contribution in [0.25, 0.3) is 0 Å². The highest BCUT2D eigenvalue weighted by molar-refractivity contribution is 9.10. The van der Waals surface area contributed by atoms with Gasteiger partial charge in [0.2, 0.25) is 0 Å². The van der Waals surface area contributed by atoms with Gasteiger partial charge in [0.05, 0.1) is 10.0 Å². The van der Waals surface area contributed by atoms with E-state index in [9.17, 15) is 4.79 Å². The maximum absolute atomic E-state index is 10.7. The van der Waals surface area contributed by atoms with Crippen LogP contribution < -0.4 is 4.74 Å². The molecule has 0 aliphatic rings. The molecule has 2 aromatic rings. The summed E-state index contributed by atoms with van der Waals surface area (Å²) in [7, 11) is 0. The zero-order chi connectivity index (χ0) is 13.1. The zero-order valence-corrected chi connectivity index (χ0v) is 11.3. The molecule has 0 atom stereocenters. The van der Waals surface area contributed by atoms with Crippen molar-refractivity contribution in [2.45, 2.75) is 6.92 Å². The van der Waals surface area contributed by atoms with E-state index in [-0.39, 0.29) is 5.56 Å². The number of hydrogen-bond donors (Lipinski definition) is 1. The maximum atomic E-state index is 10.7. The summed E-state index contributed by atoms with van der Waals surface area (Å²) < 4.78 is 6.52. The smallest absolute Gasteiger partial charge is 0.335 e. The largest absolute Gasteiger partial charge is 0.478 e. The molecule has 0 bridgehead atoms. The monoisotopic (exact) mass is 306 g/mol. The van der Waals surface area contributed by atoms with Crippen LogP contribution in [0, 0.1) is 6.92 Å². The fourth-order valence-corrected chi connectivity index (χ4v) is 2.06. The molecule has 0 aliphatic heterocycles. The van der Waals surface area contributed by atoms with Gasteiger partial charge in [0.1, 0.15) is 11.5 Å². The molecular formula is C14H11BrO3. The second-order valence-corrected chi connectivity index (χ2v) is 4.72. The Labute approximate surface area is 113 Å². The van der Waals surface area contributed by atoms with Gasteiger partial charge in [-0.05, 0) is 64.8 Å². The number of carboxylic acid groups (broad SMARTS) is 1. The quantitative estimate of drug-likeness (QED) is 0.922. The number of halogens is 1. The van der Waals surface area contributed by atoms with Crippen LogP contribution in [0.3, 0.4) is 0 Å². The van der Waals surface area contributed by atoms with E-state index >= 15 is 0 Å². The number of rotatable bonds is 3. The highest BCUT2D eigenvalue weighted by atomic mass is 79.9. The van der Waals surface area contributed by atoms with Gasteiger partial charge >= 0.3 is 5.97 Å². The first-order chi connectivity index (χ1) is 8.56. The molecule has 0 spiro atoms. The number of carboxylic acids is 1. The minimum absolute atomic E-state index is 0.241. The summed E-state index contributed by atoms with van der Waals surface area (Å²) in [6, 6.07) is 12.1. The third-order valence-corrected chi connectivity index (χ3v) is 3.04. The van der Waals surface area contributed by atoms with Gasteiger partial charge in [0.25, 0.3) is 0 Å². The van der Waals surface area contributed by atoms with E-state index < -0.39 is 5.97 Å². The number of benzene rings is 2. The Balaban J connectivity index is 2.21. The minimum Gasteiger partial charge on any atom is -0.478 e. The lowest BCUT2D eigenvalue weighted by Gasteiger charge is -2.08. The standard InChI is InChI=1S/C14H11BrO3/c1-9-2-7-13(12(15)8-9)18-11-5-3-10(4-6-11)14(16)17/h2-8H,1H3,(H,16,17). The van der Waals surface area contributed by atoms with Crippen LogP contribution in [0.1, 0.15) is 15.9 Å². The number of carbonyl (C=O) groups is 1. The van der Waals surface area contributed by atoms with Crippen molar-refractivity contribution in [3.8, 4) is 11.5 Å². The van der Waals surface area contributed by atoms with E-state index in [1.807, 2.05) is 25.1 Å². The van der Waals surface area contributed by atoms with E-state index in [0.29, 0.717) is 11.5 Å². The summed E-state index contributed by atoms with van der Waals surface area (Å²) in [6.07, 6.45) is 0. The fourth-order valence-electron chi connectivity index (χ4n) is 1.48. The Morgan fingerprint density at radius 3 is 2.39 bits per heavy atom. The van der Waals surface area contributed by atoms with E-state index in [0.717, 1.165) is 10.0 Å². The average Bonchev–Trinajstić information content (AvgIpc) is 2.33. The van der Waals surface area contributed by atoms with Crippen molar-refractivity contribution in [2.75, 3.05) is 0 Å². The molecule has 0 unspecified atom stereocenters. The Morgan fingerprint density at radius 2 is 1.83 bits per heavy atom. The second-order valence-electron chi connectivity index (χ2n) is 3.87. The lowest BCUT2D eigenvalue weighted by molar-refractivity contribution is 0.0697. The molecule has 2 rings (SSSR count). The van der Waals surface area contributed by atoms with Gasteiger partial charge in [0.15, 0.2) is 0 Å². The maximum Gasteiger partial charge on any atom is 0.335 e. The minimum atomic E-state index is -0.946. The summed E-state index contributed by atoms with van der Waals surface area (Å²) in [4.78, 5) is 10.7. The Kier molecular flexibility index (Phi) is 3.67. The predicted molar refractivity (Wildman–Crippen MR) is 72.4 cm³/mol. The van der Waals surface area contributed by atoms with E-state index in [2.05, 4.69) is 15.9 Å². The van der Waals surface area contributed by atoms with Gasteiger partial charge in [-0.2, -0.15) is 0 Å². The van der Waals surface area contributed by atoms with Crippen LogP contribution in [-0.2, 0) is 0 Å². The molecule has 3 nitrogen and oxygen atoms in total. The van der Waals surface area contributed by atoms with Crippen LogP contribution in [0.4, 0.5) is 0 Å². The van der Waals surface area contributed by atoms with Gasteiger partial charge < -0.3 is 9.84 Å². The van der Waals surface area contributed by atoms with Gasteiger partial charge in [-0.3, -0.25) is 0 Å². The first-order valence-corrected chi connectivity index (χ1v) is 6.13. The Morgan fingerprint density at radius 1 is 1.17 bits per heavy atom. The van der Waals surface area contributed by atoms with Crippen molar-refractivity contribution < 1.29 is 14.6 Å². The van der Waals surface area contributed by atoms with Gasteiger partial charge in [-0.15, -0.1) is 0 Å². The first kappa shape index (κ1) is 12.6. The van der Waals surface area contributed by atoms with Crippen LogP contribution in [-0.4, -0.2) is 11.1 Å². The van der Waals surface area contributed by atoms with Crippen molar-refractivity contribution in [1.29, 1.82) is 0 Å². The summed E-state index contributed by atoms with van der Waals surface area (Å²) in [5.41, 5.74) is 1.38. The van der Waals surface area contributed by atoms with Crippen LogP contribution in [0.5, 0.6) is 11.5 Å². The lowest BCUT2D eigenvalue weighted by atomic mass is 10.2. The first-order valence-electron chi connectivity index (χ1n) is 5.33. The molecule has 0 amide bonds. The number of hydrogen-bond acceptors (Lipinski definition) is 2. The number of aryl methyl sites for hydroxylation is 1. The van der Waals surface area contributed by atoms with E-state index in [1.54, 1.807) is 12.1 Å². The molecule has 0 aliphatic carbocycles. The van der Waals surface area contributed by atoms with Gasteiger partial charge in [0, 0.05) is 0 Å². The molecule has 0 saturated carbocycles. The van der Waals surface area contributed by atoms with Crippen molar-refractivity contribution >= 4 is 21.9 Å². The molecule has 0 fully saturated rings. The van der Waals surface area contributed by atoms with Gasteiger partial charge in [-0.1, -0.05) is 6.07 Å². The Hall–Kier alpha value is -1.81. The summed E-state index contributed by atoms with van der Waals surface area (Å²) in [6.45, 7) is 2.00. The average molecular weight is 307 g/mol. The molecule has 0 saturated heterocycles. The molecule has 4 heteroatoms. The summed E-state index contributed by atoms with van der Waals surface area (Å²) in [5.74, 6) is 0.353. The van der Waals surface area contributed by atoms with Crippen molar-refractivity contribution in [2.24, 2.45) is 0 Å².